The van der Waals surface area contributed by atoms with Crippen molar-refractivity contribution in [1.29, 1.82) is 0 Å². The van der Waals surface area contributed by atoms with Gasteiger partial charge in [-0.25, -0.2) is 9.37 Å². The monoisotopic (exact) mass is 469 g/mol. The lowest BCUT2D eigenvalue weighted by atomic mass is 9.95. The van der Waals surface area contributed by atoms with Gasteiger partial charge in [0.2, 0.25) is 0 Å². The van der Waals surface area contributed by atoms with Gasteiger partial charge >= 0.3 is 0 Å². The van der Waals surface area contributed by atoms with Gasteiger partial charge in [-0.1, -0.05) is 23.2 Å². The average Bonchev–Trinajstić information content (AvgIpc) is 2.73. The molecule has 30 heavy (non-hydrogen) atoms. The predicted octanol–water partition coefficient (Wildman–Crippen LogP) is 5.46. The molecule has 2 aromatic rings. The molecule has 0 unspecified atom stereocenters. The number of anilines is 1. The van der Waals surface area contributed by atoms with Crippen molar-refractivity contribution >= 4 is 41.9 Å². The summed E-state index contributed by atoms with van der Waals surface area (Å²) in [5, 5.41) is 0.487. The van der Waals surface area contributed by atoms with E-state index in [-0.39, 0.29) is 23.3 Å². The Morgan fingerprint density at radius 2 is 2.03 bits per heavy atom. The largest absolute Gasteiger partial charge is 0.351 e. The highest BCUT2D eigenvalue weighted by Crippen LogP contribution is 2.48. The molecular weight excluding hydrogens is 447 g/mol. The van der Waals surface area contributed by atoms with Crippen LogP contribution in [0.1, 0.15) is 41.0 Å². The second kappa shape index (κ2) is 8.57. The summed E-state index contributed by atoms with van der Waals surface area (Å²) < 4.78 is 26.6. The maximum absolute atomic E-state index is 14.4. The van der Waals surface area contributed by atoms with Crippen LogP contribution in [0.15, 0.2) is 18.3 Å². The number of carbonyl (C=O) groups is 1. The lowest BCUT2D eigenvalue weighted by molar-refractivity contribution is 0.0906. The van der Waals surface area contributed by atoms with Gasteiger partial charge in [-0.2, -0.15) is 0 Å². The van der Waals surface area contributed by atoms with Gasteiger partial charge in [0.1, 0.15) is 11.5 Å². The lowest BCUT2D eigenvalue weighted by Crippen LogP contribution is -2.32. The van der Waals surface area contributed by atoms with E-state index < -0.39 is 13.0 Å². The predicted molar refractivity (Wildman–Crippen MR) is 118 cm³/mol. The average molecular weight is 470 g/mol. The minimum Gasteiger partial charge on any atom is -0.351 e. The standard InChI is InChI=1S/C21H23Cl2FN3O2P/c1-30(29)9-6-13(7-10-30)20(28)18-11-25-17-3-2-8-27(21(17)26-18)12-14-16(24)5-4-15(22)19(14)23/h4-5,11,13H,2-3,6-10,12H2,1H3. The van der Waals surface area contributed by atoms with Gasteiger partial charge in [-0.05, 0) is 44.5 Å². The van der Waals surface area contributed by atoms with Crippen molar-refractivity contribution in [3.05, 3.63) is 51.1 Å². The molecule has 160 valence electrons. The van der Waals surface area contributed by atoms with E-state index in [1.54, 1.807) is 0 Å². The zero-order valence-corrected chi connectivity index (χ0v) is 19.1. The summed E-state index contributed by atoms with van der Waals surface area (Å²) in [5.74, 6) is -0.0545. The van der Waals surface area contributed by atoms with Crippen LogP contribution in [-0.4, -0.2) is 41.3 Å². The van der Waals surface area contributed by atoms with Crippen molar-refractivity contribution in [2.45, 2.75) is 32.2 Å². The van der Waals surface area contributed by atoms with Gasteiger partial charge in [0.05, 0.1) is 29.1 Å². The zero-order valence-electron chi connectivity index (χ0n) is 16.7. The Bertz CT molecular complexity index is 1040. The third-order valence-corrected chi connectivity index (χ3v) is 9.23. The second-order valence-corrected chi connectivity index (χ2v) is 12.5. The molecule has 3 heterocycles. The third kappa shape index (κ3) is 4.42. The SMILES string of the molecule is CP1(=O)CCC(C(=O)c2cnc3c(n2)N(Cc2c(F)ccc(Cl)c2Cl)CCC3)CC1. The lowest BCUT2D eigenvalue weighted by Gasteiger charge is -2.30. The highest BCUT2D eigenvalue weighted by molar-refractivity contribution is 7.63. The second-order valence-electron chi connectivity index (χ2n) is 8.25. The maximum Gasteiger partial charge on any atom is 0.185 e. The van der Waals surface area contributed by atoms with Crippen LogP contribution in [0.2, 0.25) is 10.0 Å². The smallest absolute Gasteiger partial charge is 0.185 e. The minimum atomic E-state index is -2.09. The van der Waals surface area contributed by atoms with E-state index in [9.17, 15) is 13.8 Å². The molecule has 2 aliphatic heterocycles. The van der Waals surface area contributed by atoms with Crippen molar-refractivity contribution < 1.29 is 13.8 Å². The number of hydrogen-bond acceptors (Lipinski definition) is 5. The Morgan fingerprint density at radius 1 is 1.30 bits per heavy atom. The molecule has 1 aromatic carbocycles. The quantitative estimate of drug-likeness (QED) is 0.337. The summed E-state index contributed by atoms with van der Waals surface area (Å²) in [4.78, 5) is 24.0. The molecule has 2 aliphatic rings. The van der Waals surface area contributed by atoms with Gasteiger partial charge < -0.3 is 9.46 Å². The van der Waals surface area contributed by atoms with Crippen LogP contribution < -0.4 is 4.90 Å². The number of rotatable bonds is 4. The van der Waals surface area contributed by atoms with Gasteiger partial charge in [0, 0.05) is 36.9 Å². The summed E-state index contributed by atoms with van der Waals surface area (Å²) in [6.45, 7) is 2.67. The number of halogens is 3. The van der Waals surface area contributed by atoms with Crippen molar-refractivity contribution in [2.75, 3.05) is 30.4 Å². The molecule has 1 aromatic heterocycles. The fraction of sp³-hybridized carbons (Fsp3) is 0.476. The van der Waals surface area contributed by atoms with Crippen molar-refractivity contribution in [1.82, 2.24) is 9.97 Å². The summed E-state index contributed by atoms with van der Waals surface area (Å²) in [7, 11) is -2.09. The number of aromatic nitrogens is 2. The summed E-state index contributed by atoms with van der Waals surface area (Å²) in [6, 6.07) is 2.73. The number of ketones is 1. The molecule has 0 bridgehead atoms. The fourth-order valence-corrected chi connectivity index (χ4v) is 6.47. The summed E-state index contributed by atoms with van der Waals surface area (Å²) >= 11 is 12.3. The summed E-state index contributed by atoms with van der Waals surface area (Å²) in [6.07, 6.45) is 5.58. The topological polar surface area (TPSA) is 63.2 Å². The first kappa shape index (κ1) is 21.7. The van der Waals surface area contributed by atoms with Crippen LogP contribution in [0, 0.1) is 11.7 Å². The maximum atomic E-state index is 14.4. The van der Waals surface area contributed by atoms with E-state index in [0.717, 1.165) is 18.5 Å². The molecule has 5 nitrogen and oxygen atoms in total. The normalized spacial score (nSPS) is 23.9. The first-order valence-corrected chi connectivity index (χ1v) is 13.4. The molecule has 0 amide bonds. The van der Waals surface area contributed by atoms with Gasteiger partial charge in [-0.3, -0.25) is 9.78 Å². The first-order valence-electron chi connectivity index (χ1n) is 10.1. The van der Waals surface area contributed by atoms with Crippen molar-refractivity contribution in [3.8, 4) is 0 Å². The number of benzene rings is 1. The fourth-order valence-electron chi connectivity index (χ4n) is 4.14. The van der Waals surface area contributed by atoms with Crippen LogP contribution >= 0.6 is 30.3 Å². The van der Waals surface area contributed by atoms with Crippen molar-refractivity contribution in [2.24, 2.45) is 5.92 Å². The number of carbonyl (C=O) groups excluding carboxylic acids is 1. The van der Waals surface area contributed by atoms with Crippen LogP contribution in [0.3, 0.4) is 0 Å². The number of nitrogens with zero attached hydrogens (tertiary/aromatic N) is 3. The molecule has 4 rings (SSSR count). The van der Waals surface area contributed by atoms with Gasteiger partial charge in [0.15, 0.2) is 11.6 Å². The highest BCUT2D eigenvalue weighted by Gasteiger charge is 2.32. The highest BCUT2D eigenvalue weighted by atomic mass is 35.5. The molecule has 0 radical (unpaired) electrons. The number of fused-ring (bicyclic) bond motifs is 1. The van der Waals surface area contributed by atoms with E-state index in [2.05, 4.69) is 9.97 Å². The first-order chi connectivity index (χ1) is 14.2. The van der Waals surface area contributed by atoms with Crippen LogP contribution in [0.4, 0.5) is 10.2 Å². The molecule has 0 atom stereocenters. The van der Waals surface area contributed by atoms with Crippen LogP contribution in [-0.2, 0) is 17.5 Å². The van der Waals surface area contributed by atoms with Crippen LogP contribution in [0.25, 0.3) is 0 Å². The minimum absolute atomic E-state index is 0.0532. The molecule has 9 heteroatoms. The van der Waals surface area contributed by atoms with Gasteiger partial charge in [-0.15, -0.1) is 0 Å². The summed E-state index contributed by atoms with van der Waals surface area (Å²) in [5.41, 5.74) is 1.41. The molecule has 0 spiro atoms. The Hall–Kier alpha value is -1.49. The molecule has 1 saturated heterocycles. The molecular formula is C21H23Cl2FN3O2P. The Morgan fingerprint density at radius 3 is 2.77 bits per heavy atom. The van der Waals surface area contributed by atoms with Crippen LogP contribution in [0.5, 0.6) is 0 Å². The third-order valence-electron chi connectivity index (χ3n) is 5.98. The van der Waals surface area contributed by atoms with E-state index >= 15 is 0 Å². The Kier molecular flexibility index (Phi) is 6.20. The Balaban J connectivity index is 1.60. The molecule has 0 saturated carbocycles. The molecule has 0 N–H and O–H groups in total. The van der Waals surface area contributed by atoms with E-state index in [0.29, 0.717) is 53.8 Å². The zero-order chi connectivity index (χ0) is 21.5. The molecule has 0 aliphatic carbocycles. The number of Topliss-reactive ketones (excluding diaryl/α,β-unsaturated/α-hetero) is 1. The van der Waals surface area contributed by atoms with Gasteiger partial charge in [0.25, 0.3) is 0 Å². The van der Waals surface area contributed by atoms with E-state index in [1.807, 2.05) is 11.6 Å². The van der Waals surface area contributed by atoms with Crippen molar-refractivity contribution in [3.63, 3.8) is 0 Å². The van der Waals surface area contributed by atoms with E-state index in [1.165, 1.54) is 18.3 Å². The van der Waals surface area contributed by atoms with E-state index in [4.69, 9.17) is 23.2 Å². The molecule has 1 fully saturated rings. The Labute approximate surface area is 185 Å². The number of hydrogen-bond donors (Lipinski definition) is 0. The number of aryl methyl sites for hydroxylation is 1.